The maximum atomic E-state index is 12.5. The first-order chi connectivity index (χ1) is 10.9. The lowest BCUT2D eigenvalue weighted by Crippen LogP contribution is -2.48. The third kappa shape index (κ3) is 4.94. The monoisotopic (exact) mass is 340 g/mol. The molecule has 1 unspecified atom stereocenters. The highest BCUT2D eigenvalue weighted by Gasteiger charge is 2.29. The summed E-state index contributed by atoms with van der Waals surface area (Å²) in [5.74, 6) is 0.797. The van der Waals surface area contributed by atoms with Crippen molar-refractivity contribution in [3.8, 4) is 5.75 Å². The molecule has 2 rings (SSSR count). The zero-order valence-corrected chi connectivity index (χ0v) is 14.4. The number of benzene rings is 1. The first-order valence-corrected chi connectivity index (χ1v) is 9.79. The first kappa shape index (κ1) is 17.7. The minimum absolute atomic E-state index is 0.00828. The molecule has 0 radical (unpaired) electrons. The fraction of sp³-hybridized carbons (Fsp3) is 0.562. The molecule has 1 heterocycles. The number of rotatable bonds is 6. The number of amides is 1. The van der Waals surface area contributed by atoms with Gasteiger partial charge in [-0.2, -0.15) is 0 Å². The van der Waals surface area contributed by atoms with E-state index in [1.54, 1.807) is 7.11 Å². The summed E-state index contributed by atoms with van der Waals surface area (Å²) in [6.07, 6.45) is 1.80. The number of hydrogen-bond acceptors (Lipinski definition) is 5. The van der Waals surface area contributed by atoms with Gasteiger partial charge in [-0.05, 0) is 12.5 Å². The molecule has 23 heavy (non-hydrogen) atoms. The van der Waals surface area contributed by atoms with Crippen molar-refractivity contribution in [3.05, 3.63) is 29.8 Å². The van der Waals surface area contributed by atoms with Crippen LogP contribution < -0.4 is 10.1 Å². The van der Waals surface area contributed by atoms with Crippen LogP contribution in [0.1, 0.15) is 24.4 Å². The SMILES string of the molecule is COc1ccccc1C1CNCCN1C(=O)CCCS(C)(=O)=O. The Morgan fingerprint density at radius 3 is 2.83 bits per heavy atom. The Kier molecular flexibility index (Phi) is 6.01. The third-order valence-electron chi connectivity index (χ3n) is 3.97. The summed E-state index contributed by atoms with van der Waals surface area (Å²) in [5.41, 5.74) is 0.971. The minimum Gasteiger partial charge on any atom is -0.496 e. The number of methoxy groups -OCH3 is 1. The van der Waals surface area contributed by atoms with Crippen LogP contribution in [-0.2, 0) is 14.6 Å². The molecular formula is C16H24N2O4S. The van der Waals surface area contributed by atoms with Crippen LogP contribution in [0.2, 0.25) is 0 Å². The van der Waals surface area contributed by atoms with E-state index in [0.29, 0.717) is 19.5 Å². The highest BCUT2D eigenvalue weighted by molar-refractivity contribution is 7.90. The van der Waals surface area contributed by atoms with Crippen molar-refractivity contribution >= 4 is 15.7 Å². The number of carbonyl (C=O) groups is 1. The van der Waals surface area contributed by atoms with Gasteiger partial charge < -0.3 is 15.0 Å². The highest BCUT2D eigenvalue weighted by Crippen LogP contribution is 2.30. The molecule has 1 aliphatic heterocycles. The van der Waals surface area contributed by atoms with Gasteiger partial charge >= 0.3 is 0 Å². The predicted octanol–water partition coefficient (Wildman–Crippen LogP) is 0.993. The van der Waals surface area contributed by atoms with Crippen LogP contribution in [0.3, 0.4) is 0 Å². The second kappa shape index (κ2) is 7.79. The van der Waals surface area contributed by atoms with Gasteiger partial charge in [0.15, 0.2) is 0 Å². The average Bonchev–Trinajstić information content (AvgIpc) is 2.53. The lowest BCUT2D eigenvalue weighted by Gasteiger charge is -2.37. The molecule has 1 atom stereocenters. The fourth-order valence-electron chi connectivity index (χ4n) is 2.85. The van der Waals surface area contributed by atoms with Crippen molar-refractivity contribution in [1.82, 2.24) is 10.2 Å². The maximum absolute atomic E-state index is 12.5. The molecule has 0 saturated carbocycles. The molecule has 1 fully saturated rings. The predicted molar refractivity (Wildman–Crippen MR) is 89.3 cm³/mol. The molecule has 1 N–H and O–H groups in total. The number of hydrogen-bond donors (Lipinski definition) is 1. The number of nitrogens with one attached hydrogen (secondary N) is 1. The van der Waals surface area contributed by atoms with E-state index in [0.717, 1.165) is 17.9 Å². The van der Waals surface area contributed by atoms with Crippen LogP contribution in [0.25, 0.3) is 0 Å². The highest BCUT2D eigenvalue weighted by atomic mass is 32.2. The Balaban J connectivity index is 2.10. The Labute approximate surface area is 137 Å². The van der Waals surface area contributed by atoms with Crippen LogP contribution in [0.5, 0.6) is 5.75 Å². The van der Waals surface area contributed by atoms with E-state index in [1.807, 2.05) is 29.2 Å². The normalized spacial score (nSPS) is 18.7. The smallest absolute Gasteiger partial charge is 0.223 e. The van der Waals surface area contributed by atoms with Gasteiger partial charge in [0, 0.05) is 37.9 Å². The number of ether oxygens (including phenoxy) is 1. The summed E-state index contributed by atoms with van der Waals surface area (Å²) >= 11 is 0. The summed E-state index contributed by atoms with van der Waals surface area (Å²) in [7, 11) is -1.41. The second-order valence-corrected chi connectivity index (χ2v) is 8.04. The second-order valence-electron chi connectivity index (χ2n) is 5.78. The van der Waals surface area contributed by atoms with Crippen molar-refractivity contribution in [2.75, 3.05) is 38.8 Å². The number of piperazine rings is 1. The van der Waals surface area contributed by atoms with E-state index in [1.165, 1.54) is 6.26 Å². The van der Waals surface area contributed by atoms with Crippen molar-refractivity contribution in [2.45, 2.75) is 18.9 Å². The number of carbonyl (C=O) groups excluding carboxylic acids is 1. The van der Waals surface area contributed by atoms with E-state index in [9.17, 15) is 13.2 Å². The molecule has 0 bridgehead atoms. The first-order valence-electron chi connectivity index (χ1n) is 7.73. The molecule has 1 saturated heterocycles. The number of para-hydroxylation sites is 1. The summed E-state index contributed by atoms with van der Waals surface area (Å²) in [4.78, 5) is 14.4. The molecule has 6 nitrogen and oxygen atoms in total. The molecule has 0 spiro atoms. The molecule has 7 heteroatoms. The third-order valence-corrected chi connectivity index (χ3v) is 5.00. The van der Waals surface area contributed by atoms with Gasteiger partial charge in [-0.25, -0.2) is 8.42 Å². The van der Waals surface area contributed by atoms with Crippen LogP contribution in [0.4, 0.5) is 0 Å². The van der Waals surface area contributed by atoms with Crippen molar-refractivity contribution < 1.29 is 17.9 Å². The Morgan fingerprint density at radius 1 is 1.39 bits per heavy atom. The summed E-state index contributed by atoms with van der Waals surface area (Å²) in [6.45, 7) is 2.02. The molecular weight excluding hydrogens is 316 g/mol. The maximum Gasteiger partial charge on any atom is 0.223 e. The number of sulfone groups is 1. The largest absolute Gasteiger partial charge is 0.496 e. The lowest BCUT2D eigenvalue weighted by molar-refractivity contribution is -0.134. The summed E-state index contributed by atoms with van der Waals surface area (Å²) in [5, 5.41) is 3.30. The van der Waals surface area contributed by atoms with Crippen LogP contribution in [0.15, 0.2) is 24.3 Å². The standard InChI is InChI=1S/C16H24N2O4S/c1-22-15-7-4-3-6-13(15)14-12-17-9-10-18(14)16(19)8-5-11-23(2,20)21/h3-4,6-7,14,17H,5,8-12H2,1-2H3. The van der Waals surface area contributed by atoms with Gasteiger partial charge in [-0.15, -0.1) is 0 Å². The molecule has 0 aliphatic carbocycles. The van der Waals surface area contributed by atoms with Gasteiger partial charge in [-0.3, -0.25) is 4.79 Å². The van der Waals surface area contributed by atoms with E-state index >= 15 is 0 Å². The minimum atomic E-state index is -3.03. The van der Waals surface area contributed by atoms with E-state index in [4.69, 9.17) is 4.74 Å². The van der Waals surface area contributed by atoms with Gasteiger partial charge in [0.2, 0.25) is 5.91 Å². The molecule has 1 aromatic rings. The molecule has 0 aromatic heterocycles. The summed E-state index contributed by atoms with van der Waals surface area (Å²) < 4.78 is 27.8. The Hall–Kier alpha value is -1.60. The quantitative estimate of drug-likeness (QED) is 0.836. The average molecular weight is 340 g/mol. The van der Waals surface area contributed by atoms with E-state index in [-0.39, 0.29) is 24.1 Å². The molecule has 1 aliphatic rings. The van der Waals surface area contributed by atoms with Crippen LogP contribution in [-0.4, -0.2) is 58.0 Å². The van der Waals surface area contributed by atoms with Crippen LogP contribution >= 0.6 is 0 Å². The Morgan fingerprint density at radius 2 is 2.13 bits per heavy atom. The lowest BCUT2D eigenvalue weighted by atomic mass is 10.0. The van der Waals surface area contributed by atoms with Crippen molar-refractivity contribution in [3.63, 3.8) is 0 Å². The molecule has 128 valence electrons. The topological polar surface area (TPSA) is 75.7 Å². The van der Waals surface area contributed by atoms with Gasteiger partial charge in [0.05, 0.1) is 18.9 Å². The zero-order chi connectivity index (χ0) is 16.9. The Bertz CT molecular complexity index is 645. The van der Waals surface area contributed by atoms with Crippen LogP contribution in [0, 0.1) is 0 Å². The van der Waals surface area contributed by atoms with Gasteiger partial charge in [0.25, 0.3) is 0 Å². The van der Waals surface area contributed by atoms with E-state index in [2.05, 4.69) is 5.32 Å². The summed E-state index contributed by atoms with van der Waals surface area (Å²) in [6, 6.07) is 7.59. The zero-order valence-electron chi connectivity index (χ0n) is 13.6. The van der Waals surface area contributed by atoms with Gasteiger partial charge in [-0.1, -0.05) is 18.2 Å². The molecule has 1 amide bonds. The van der Waals surface area contributed by atoms with Crippen molar-refractivity contribution in [2.24, 2.45) is 0 Å². The molecule has 1 aromatic carbocycles. The number of nitrogens with zero attached hydrogens (tertiary/aromatic N) is 1. The van der Waals surface area contributed by atoms with E-state index < -0.39 is 9.84 Å². The van der Waals surface area contributed by atoms with Crippen molar-refractivity contribution in [1.29, 1.82) is 0 Å². The fourth-order valence-corrected chi connectivity index (χ4v) is 3.52. The van der Waals surface area contributed by atoms with Gasteiger partial charge in [0.1, 0.15) is 15.6 Å².